The minimum atomic E-state index is -1.01. The zero-order chi connectivity index (χ0) is 29.4. The van der Waals surface area contributed by atoms with Crippen molar-refractivity contribution in [2.45, 2.75) is 58.4 Å². The minimum absolute atomic E-state index is 0.0147. The van der Waals surface area contributed by atoms with Gasteiger partial charge in [0.2, 0.25) is 5.91 Å². The van der Waals surface area contributed by atoms with Crippen LogP contribution in [0.15, 0.2) is 48.5 Å². The Bertz CT molecular complexity index is 1820. The van der Waals surface area contributed by atoms with Gasteiger partial charge in [-0.25, -0.2) is 14.8 Å². The van der Waals surface area contributed by atoms with Gasteiger partial charge in [-0.2, -0.15) is 0 Å². The van der Waals surface area contributed by atoms with Gasteiger partial charge in [-0.05, 0) is 74.1 Å². The fraction of sp³-hybridized carbons (Fsp3) is 0.333. The molecule has 216 valence electrons. The lowest BCUT2D eigenvalue weighted by Crippen LogP contribution is -2.30. The predicted molar refractivity (Wildman–Crippen MR) is 166 cm³/mol. The molecule has 1 fully saturated rings. The molecule has 1 aliphatic rings. The monoisotopic (exact) mass is 582 g/mol. The highest BCUT2D eigenvalue weighted by Gasteiger charge is 2.28. The number of carboxylic acid groups (broad SMARTS) is 1. The Hall–Kier alpha value is -4.08. The van der Waals surface area contributed by atoms with E-state index in [0.29, 0.717) is 5.92 Å². The van der Waals surface area contributed by atoms with Crippen LogP contribution in [-0.4, -0.2) is 49.8 Å². The number of aliphatic hydroxyl groups excluding tert-OH is 1. The first kappa shape index (κ1) is 28.1. The number of nitrogens with zero attached hydrogens (tertiary/aromatic N) is 3. The summed E-state index contributed by atoms with van der Waals surface area (Å²) < 4.78 is 1.96. The van der Waals surface area contributed by atoms with Crippen molar-refractivity contribution in [3.63, 3.8) is 0 Å². The molecule has 8 nitrogen and oxygen atoms in total. The number of thiazole rings is 1. The van der Waals surface area contributed by atoms with Gasteiger partial charge in [0, 0.05) is 17.3 Å². The number of amides is 1. The number of hydrogen-bond donors (Lipinski definition) is 3. The van der Waals surface area contributed by atoms with Gasteiger partial charge in [-0.15, -0.1) is 11.3 Å². The van der Waals surface area contributed by atoms with E-state index >= 15 is 0 Å². The summed E-state index contributed by atoms with van der Waals surface area (Å²) in [5.41, 5.74) is 6.74. The molecule has 9 heteroatoms. The smallest absolute Gasteiger partial charge is 0.335 e. The Balaban J connectivity index is 1.55. The molecule has 3 aromatic heterocycles. The lowest BCUT2D eigenvalue weighted by atomic mass is 9.81. The van der Waals surface area contributed by atoms with Crippen molar-refractivity contribution in [3.05, 3.63) is 70.4 Å². The van der Waals surface area contributed by atoms with Crippen LogP contribution in [0.25, 0.3) is 43.6 Å². The van der Waals surface area contributed by atoms with Gasteiger partial charge in [0.15, 0.2) is 0 Å². The van der Waals surface area contributed by atoms with Crippen molar-refractivity contribution in [1.82, 2.24) is 19.9 Å². The fourth-order valence-electron chi connectivity index (χ4n) is 6.35. The van der Waals surface area contributed by atoms with E-state index in [9.17, 15) is 19.8 Å². The van der Waals surface area contributed by atoms with Crippen LogP contribution in [0.1, 0.15) is 64.6 Å². The first-order valence-electron chi connectivity index (χ1n) is 14.5. The summed E-state index contributed by atoms with van der Waals surface area (Å²) >= 11 is 1.64. The van der Waals surface area contributed by atoms with Crippen LogP contribution in [-0.2, 0) is 11.3 Å². The highest BCUT2D eigenvalue weighted by molar-refractivity contribution is 7.15. The minimum Gasteiger partial charge on any atom is -0.478 e. The molecule has 3 N–H and O–H groups in total. The summed E-state index contributed by atoms with van der Waals surface area (Å²) in [5.74, 6) is -0.933. The number of carbonyl (C=O) groups excluding carboxylic acids is 1. The molecule has 0 saturated heterocycles. The number of aliphatic hydroxyl groups is 1. The molecule has 5 aromatic rings. The van der Waals surface area contributed by atoms with Crippen LogP contribution in [0.4, 0.5) is 0 Å². The molecular formula is C33H34N4O4S. The molecule has 0 aliphatic heterocycles. The maximum absolute atomic E-state index is 13.0. The Morgan fingerprint density at radius 2 is 1.83 bits per heavy atom. The Labute approximate surface area is 248 Å². The number of aromatic carboxylic acids is 1. The first-order chi connectivity index (χ1) is 20.3. The Morgan fingerprint density at radius 1 is 1.02 bits per heavy atom. The number of carboxylic acids is 1. The van der Waals surface area contributed by atoms with E-state index in [1.165, 1.54) is 12.0 Å². The Morgan fingerprint density at radius 3 is 2.55 bits per heavy atom. The third kappa shape index (κ3) is 5.30. The van der Waals surface area contributed by atoms with E-state index in [2.05, 4.69) is 28.5 Å². The summed E-state index contributed by atoms with van der Waals surface area (Å²) in [7, 11) is 0. The van der Waals surface area contributed by atoms with Gasteiger partial charge >= 0.3 is 5.97 Å². The van der Waals surface area contributed by atoms with Crippen LogP contribution in [0.3, 0.4) is 0 Å². The molecule has 0 radical (unpaired) electrons. The predicted octanol–water partition coefficient (Wildman–Crippen LogP) is 6.45. The summed E-state index contributed by atoms with van der Waals surface area (Å²) in [4.78, 5) is 35.6. The average molecular weight is 583 g/mol. The van der Waals surface area contributed by atoms with E-state index in [0.717, 1.165) is 80.0 Å². The molecule has 0 bridgehead atoms. The number of aromatic nitrogens is 3. The number of nitrogens with one attached hydrogen (secondary N) is 1. The highest BCUT2D eigenvalue weighted by Crippen LogP contribution is 2.45. The van der Waals surface area contributed by atoms with Gasteiger partial charge in [0.1, 0.15) is 6.54 Å². The van der Waals surface area contributed by atoms with E-state index in [-0.39, 0.29) is 31.2 Å². The molecule has 1 saturated carbocycles. The maximum Gasteiger partial charge on any atom is 0.335 e. The molecule has 1 aliphatic carbocycles. The van der Waals surface area contributed by atoms with Crippen molar-refractivity contribution in [1.29, 1.82) is 0 Å². The quantitative estimate of drug-likeness (QED) is 0.194. The number of hydrogen-bond acceptors (Lipinski definition) is 6. The largest absolute Gasteiger partial charge is 0.478 e. The zero-order valence-corrected chi connectivity index (χ0v) is 24.6. The summed E-state index contributed by atoms with van der Waals surface area (Å²) in [6, 6.07) is 15.6. The second-order valence-electron chi connectivity index (χ2n) is 11.0. The van der Waals surface area contributed by atoms with Gasteiger partial charge in [-0.3, -0.25) is 4.79 Å². The van der Waals surface area contributed by atoms with Crippen LogP contribution < -0.4 is 5.32 Å². The van der Waals surface area contributed by atoms with Crippen molar-refractivity contribution in [3.8, 4) is 21.8 Å². The van der Waals surface area contributed by atoms with Crippen molar-refractivity contribution >= 4 is 45.0 Å². The summed E-state index contributed by atoms with van der Waals surface area (Å²) in [6.45, 7) is 4.03. The average Bonchev–Trinajstić information content (AvgIpc) is 3.51. The molecule has 42 heavy (non-hydrogen) atoms. The fourth-order valence-corrected chi connectivity index (χ4v) is 7.24. The lowest BCUT2D eigenvalue weighted by Gasteiger charge is -2.24. The third-order valence-electron chi connectivity index (χ3n) is 8.20. The van der Waals surface area contributed by atoms with Crippen LogP contribution >= 0.6 is 11.3 Å². The van der Waals surface area contributed by atoms with E-state index < -0.39 is 5.97 Å². The molecule has 6 rings (SSSR count). The maximum atomic E-state index is 13.0. The number of benzene rings is 2. The van der Waals surface area contributed by atoms with E-state index in [1.807, 2.05) is 36.6 Å². The molecule has 0 spiro atoms. The number of rotatable bonds is 8. The van der Waals surface area contributed by atoms with Crippen LogP contribution in [0.2, 0.25) is 0 Å². The zero-order valence-electron chi connectivity index (χ0n) is 23.8. The third-order valence-corrected chi connectivity index (χ3v) is 9.29. The summed E-state index contributed by atoms with van der Waals surface area (Å²) in [5, 5.41) is 24.8. The Kier molecular flexibility index (Phi) is 7.79. The molecule has 0 unspecified atom stereocenters. The number of aryl methyl sites for hydroxylation is 2. The van der Waals surface area contributed by atoms with Crippen LogP contribution in [0.5, 0.6) is 0 Å². The standard InChI is InChI=1S/C33H34N4O4S/c1-19-32(42-20(2)35-19)27-13-9-22-16-23(10-12-26(22)36-27)31-30(21-6-4-3-5-7-21)25-11-8-24(33(40)41)17-28(25)37(31)18-29(39)34-14-15-38/h8-13,16-17,21,38H,3-7,14-15,18H2,1-2H3,(H,34,39)(H,40,41). The molecule has 0 atom stereocenters. The second kappa shape index (κ2) is 11.7. The second-order valence-corrected chi connectivity index (χ2v) is 12.2. The number of pyridine rings is 1. The van der Waals surface area contributed by atoms with E-state index in [4.69, 9.17) is 4.98 Å². The lowest BCUT2D eigenvalue weighted by molar-refractivity contribution is -0.121. The molecule has 1 amide bonds. The van der Waals surface area contributed by atoms with Crippen molar-refractivity contribution < 1.29 is 19.8 Å². The topological polar surface area (TPSA) is 117 Å². The molecule has 2 aromatic carbocycles. The SMILES string of the molecule is Cc1nc(C)c(-c2ccc3cc(-c4c(C5CCCCC5)c5ccc(C(=O)O)cc5n4CC(=O)NCCO)ccc3n2)s1. The van der Waals surface area contributed by atoms with Gasteiger partial charge < -0.3 is 20.1 Å². The van der Waals surface area contributed by atoms with Gasteiger partial charge in [0.25, 0.3) is 0 Å². The number of carbonyl (C=O) groups is 2. The van der Waals surface area contributed by atoms with Crippen molar-refractivity contribution in [2.75, 3.05) is 13.2 Å². The van der Waals surface area contributed by atoms with Crippen molar-refractivity contribution in [2.24, 2.45) is 0 Å². The highest BCUT2D eigenvalue weighted by atomic mass is 32.1. The van der Waals surface area contributed by atoms with Crippen LogP contribution in [0, 0.1) is 13.8 Å². The normalized spacial score (nSPS) is 14.1. The van der Waals surface area contributed by atoms with Gasteiger partial charge in [0.05, 0.1) is 50.2 Å². The first-order valence-corrected chi connectivity index (χ1v) is 15.3. The summed E-state index contributed by atoms with van der Waals surface area (Å²) in [6.07, 6.45) is 5.59. The van der Waals surface area contributed by atoms with E-state index in [1.54, 1.807) is 23.5 Å². The molecule has 3 heterocycles. The van der Waals surface area contributed by atoms with Gasteiger partial charge in [-0.1, -0.05) is 37.5 Å². The number of fused-ring (bicyclic) bond motifs is 2. The molecular weight excluding hydrogens is 548 g/mol.